The van der Waals surface area contributed by atoms with Crippen LogP contribution >= 0.6 is 0 Å². The Morgan fingerprint density at radius 2 is 2.14 bits per heavy atom. The highest BCUT2D eigenvalue weighted by atomic mass is 32.2. The Labute approximate surface area is 82.7 Å². The summed E-state index contributed by atoms with van der Waals surface area (Å²) in [6.45, 7) is 0.593. The zero-order chi connectivity index (χ0) is 10.8. The van der Waals surface area contributed by atoms with E-state index in [9.17, 15) is 8.42 Å². The highest BCUT2D eigenvalue weighted by molar-refractivity contribution is 7.86. The average Bonchev–Trinajstić information content (AvgIpc) is 2.02. The molecule has 0 aliphatic heterocycles. The van der Waals surface area contributed by atoms with E-state index in [1.807, 2.05) is 0 Å². The molecule has 0 spiro atoms. The molecule has 0 fully saturated rings. The van der Waals surface area contributed by atoms with Crippen LogP contribution in [0.2, 0.25) is 0 Å². The monoisotopic (exact) mass is 216 g/mol. The molecule has 0 radical (unpaired) electrons. The molecule has 0 atom stereocenters. The molecule has 0 heterocycles. The van der Waals surface area contributed by atoms with Gasteiger partial charge in [-0.1, -0.05) is 6.07 Å². The first-order valence-corrected chi connectivity index (χ1v) is 5.39. The van der Waals surface area contributed by atoms with E-state index in [4.69, 9.17) is 10.3 Å². The van der Waals surface area contributed by atoms with E-state index in [0.29, 0.717) is 6.54 Å². The molecule has 4 N–H and O–H groups in total. The van der Waals surface area contributed by atoms with Crippen LogP contribution in [-0.2, 0) is 16.7 Å². The number of hydrogen-bond acceptors (Lipinski definition) is 4. The van der Waals surface area contributed by atoms with Crippen LogP contribution in [0.25, 0.3) is 0 Å². The molecule has 1 aromatic carbocycles. The summed E-state index contributed by atoms with van der Waals surface area (Å²) < 4.78 is 30.3. The van der Waals surface area contributed by atoms with Crippen LogP contribution in [0.1, 0.15) is 5.56 Å². The first kappa shape index (κ1) is 11.0. The standard InChI is InChI=1S/C8H12N2O3S/c1-10-5-6-2-3-8(7(9)4-6)14(11,12)13/h2-4,10H,5,9H2,1H3,(H,11,12,13). The highest BCUT2D eigenvalue weighted by Gasteiger charge is 2.13. The van der Waals surface area contributed by atoms with Crippen molar-refractivity contribution in [2.75, 3.05) is 12.8 Å². The van der Waals surface area contributed by atoms with Gasteiger partial charge in [-0.2, -0.15) is 8.42 Å². The Morgan fingerprint density at radius 1 is 1.50 bits per heavy atom. The Balaban J connectivity index is 3.15. The normalized spacial score (nSPS) is 11.6. The smallest absolute Gasteiger partial charge is 0.296 e. The highest BCUT2D eigenvalue weighted by Crippen LogP contribution is 2.19. The molecule has 5 nitrogen and oxygen atoms in total. The third kappa shape index (κ3) is 2.44. The number of rotatable bonds is 3. The zero-order valence-electron chi connectivity index (χ0n) is 7.69. The quantitative estimate of drug-likeness (QED) is 0.497. The molecule has 0 unspecified atom stereocenters. The molecule has 14 heavy (non-hydrogen) atoms. The fourth-order valence-electron chi connectivity index (χ4n) is 1.15. The van der Waals surface area contributed by atoms with Gasteiger partial charge in [-0.15, -0.1) is 0 Å². The van der Waals surface area contributed by atoms with Gasteiger partial charge in [0.15, 0.2) is 0 Å². The van der Waals surface area contributed by atoms with Crippen LogP contribution in [0.3, 0.4) is 0 Å². The lowest BCUT2D eigenvalue weighted by Crippen LogP contribution is -2.08. The fourth-order valence-corrected chi connectivity index (χ4v) is 1.74. The second-order valence-corrected chi connectivity index (χ2v) is 4.27. The Bertz CT molecular complexity index is 428. The first-order valence-electron chi connectivity index (χ1n) is 3.95. The van der Waals surface area contributed by atoms with Crippen LogP contribution in [0.5, 0.6) is 0 Å². The van der Waals surface area contributed by atoms with Crippen molar-refractivity contribution in [2.45, 2.75) is 11.4 Å². The molecular formula is C8H12N2O3S. The molecule has 0 aliphatic rings. The third-order valence-corrected chi connectivity index (χ3v) is 2.66. The Morgan fingerprint density at radius 3 is 2.57 bits per heavy atom. The fraction of sp³-hybridized carbons (Fsp3) is 0.250. The molecular weight excluding hydrogens is 204 g/mol. The van der Waals surface area contributed by atoms with Crippen molar-refractivity contribution in [3.63, 3.8) is 0 Å². The van der Waals surface area contributed by atoms with Crippen molar-refractivity contribution < 1.29 is 13.0 Å². The minimum absolute atomic E-state index is 0.0558. The second kappa shape index (κ2) is 3.95. The SMILES string of the molecule is CNCc1ccc(S(=O)(=O)O)c(N)c1. The summed E-state index contributed by atoms with van der Waals surface area (Å²) in [6, 6.07) is 4.40. The molecule has 0 saturated carbocycles. The number of nitrogens with one attached hydrogen (secondary N) is 1. The minimum atomic E-state index is -4.21. The van der Waals surface area contributed by atoms with E-state index in [1.165, 1.54) is 12.1 Å². The van der Waals surface area contributed by atoms with Gasteiger partial charge in [-0.3, -0.25) is 4.55 Å². The summed E-state index contributed by atoms with van der Waals surface area (Å²) in [6.07, 6.45) is 0. The molecule has 0 aromatic heterocycles. The maximum atomic E-state index is 10.8. The molecule has 0 amide bonds. The number of anilines is 1. The van der Waals surface area contributed by atoms with Gasteiger partial charge in [0.1, 0.15) is 4.90 Å². The zero-order valence-corrected chi connectivity index (χ0v) is 8.50. The maximum absolute atomic E-state index is 10.8. The summed E-state index contributed by atoms with van der Waals surface area (Å²) in [5.74, 6) is 0. The van der Waals surface area contributed by atoms with Crippen molar-refractivity contribution in [1.29, 1.82) is 0 Å². The van der Waals surface area contributed by atoms with Gasteiger partial charge < -0.3 is 11.1 Å². The number of hydrogen-bond donors (Lipinski definition) is 3. The number of nitrogen functional groups attached to an aromatic ring is 1. The van der Waals surface area contributed by atoms with Gasteiger partial charge >= 0.3 is 0 Å². The molecule has 1 aromatic rings. The van der Waals surface area contributed by atoms with Crippen molar-refractivity contribution in [1.82, 2.24) is 5.32 Å². The Kier molecular flexibility index (Phi) is 3.10. The molecule has 0 aliphatic carbocycles. The van der Waals surface area contributed by atoms with Crippen molar-refractivity contribution in [3.05, 3.63) is 23.8 Å². The van der Waals surface area contributed by atoms with Crippen LogP contribution in [0.4, 0.5) is 5.69 Å². The Hall–Kier alpha value is -1.11. The average molecular weight is 216 g/mol. The first-order chi connectivity index (χ1) is 6.45. The summed E-state index contributed by atoms with van der Waals surface area (Å²) in [7, 11) is -2.44. The van der Waals surface area contributed by atoms with Crippen LogP contribution < -0.4 is 11.1 Å². The molecule has 78 valence electrons. The largest absolute Gasteiger partial charge is 0.398 e. The predicted octanol–water partition coefficient (Wildman–Crippen LogP) is 0.235. The maximum Gasteiger partial charge on any atom is 0.296 e. The van der Waals surface area contributed by atoms with Crippen molar-refractivity contribution in [3.8, 4) is 0 Å². The van der Waals surface area contributed by atoms with Gasteiger partial charge in [0.05, 0.1) is 5.69 Å². The van der Waals surface area contributed by atoms with Gasteiger partial charge in [0.2, 0.25) is 0 Å². The summed E-state index contributed by atoms with van der Waals surface area (Å²) >= 11 is 0. The van der Waals surface area contributed by atoms with Crippen molar-refractivity contribution in [2.24, 2.45) is 0 Å². The lowest BCUT2D eigenvalue weighted by molar-refractivity contribution is 0.483. The van der Waals surface area contributed by atoms with E-state index in [-0.39, 0.29) is 10.6 Å². The predicted molar refractivity (Wildman–Crippen MR) is 53.4 cm³/mol. The molecule has 0 saturated heterocycles. The van der Waals surface area contributed by atoms with Gasteiger partial charge in [-0.05, 0) is 24.7 Å². The van der Waals surface area contributed by atoms with E-state index in [2.05, 4.69) is 5.32 Å². The van der Waals surface area contributed by atoms with E-state index < -0.39 is 10.1 Å². The summed E-state index contributed by atoms with van der Waals surface area (Å²) in [5.41, 5.74) is 6.39. The lowest BCUT2D eigenvalue weighted by Gasteiger charge is -2.05. The van der Waals surface area contributed by atoms with Gasteiger partial charge in [0.25, 0.3) is 10.1 Å². The summed E-state index contributed by atoms with van der Waals surface area (Å²) in [4.78, 5) is -0.252. The lowest BCUT2D eigenvalue weighted by atomic mass is 10.2. The molecule has 0 bridgehead atoms. The second-order valence-electron chi connectivity index (χ2n) is 2.88. The van der Waals surface area contributed by atoms with E-state index in [0.717, 1.165) is 5.56 Å². The van der Waals surface area contributed by atoms with E-state index >= 15 is 0 Å². The van der Waals surface area contributed by atoms with E-state index in [1.54, 1.807) is 13.1 Å². The number of benzene rings is 1. The van der Waals surface area contributed by atoms with Crippen LogP contribution in [0.15, 0.2) is 23.1 Å². The minimum Gasteiger partial charge on any atom is -0.398 e. The number of nitrogens with two attached hydrogens (primary N) is 1. The summed E-state index contributed by atoms with van der Waals surface area (Å²) in [5, 5.41) is 2.90. The molecule has 6 heteroatoms. The third-order valence-electron chi connectivity index (χ3n) is 1.73. The van der Waals surface area contributed by atoms with Crippen LogP contribution in [-0.4, -0.2) is 20.0 Å². The molecule has 1 rings (SSSR count). The van der Waals surface area contributed by atoms with Gasteiger partial charge in [0, 0.05) is 6.54 Å². The van der Waals surface area contributed by atoms with Gasteiger partial charge in [-0.25, -0.2) is 0 Å². The topological polar surface area (TPSA) is 92.4 Å². The van der Waals surface area contributed by atoms with Crippen LogP contribution in [0, 0.1) is 0 Å². The van der Waals surface area contributed by atoms with Crippen molar-refractivity contribution >= 4 is 15.8 Å².